The van der Waals surface area contributed by atoms with Crippen LogP contribution in [0, 0.1) is 5.92 Å². The van der Waals surface area contributed by atoms with Crippen molar-refractivity contribution in [2.45, 2.75) is 32.7 Å². The lowest BCUT2D eigenvalue weighted by Crippen LogP contribution is -2.22. The number of anilines is 1. The Morgan fingerprint density at radius 2 is 2.06 bits per heavy atom. The van der Waals surface area contributed by atoms with Crippen LogP contribution < -0.4 is 10.2 Å². The highest BCUT2D eigenvalue weighted by atomic mass is 15.2. The van der Waals surface area contributed by atoms with Gasteiger partial charge in [0.2, 0.25) is 5.95 Å². The number of aromatic nitrogens is 2. The first kappa shape index (κ1) is 12.3. The highest BCUT2D eigenvalue weighted by Gasteiger charge is 2.23. The van der Waals surface area contributed by atoms with Crippen LogP contribution in [0.1, 0.15) is 31.7 Å². The molecule has 17 heavy (non-hydrogen) atoms. The smallest absolute Gasteiger partial charge is 0.225 e. The normalized spacial score (nSPS) is 14.9. The van der Waals surface area contributed by atoms with Crippen LogP contribution in [0.3, 0.4) is 0 Å². The fourth-order valence-corrected chi connectivity index (χ4v) is 1.82. The lowest BCUT2D eigenvalue weighted by molar-refractivity contribution is 0.670. The Bertz CT molecular complexity index is 332. The van der Waals surface area contributed by atoms with E-state index in [0.717, 1.165) is 43.5 Å². The maximum atomic E-state index is 4.41. The molecule has 2 rings (SSSR count). The molecule has 0 aliphatic heterocycles. The number of hydrogen-bond acceptors (Lipinski definition) is 4. The molecule has 1 saturated carbocycles. The second kappa shape index (κ2) is 5.96. The molecule has 0 amide bonds. The van der Waals surface area contributed by atoms with Crippen molar-refractivity contribution < 1.29 is 0 Å². The van der Waals surface area contributed by atoms with Crippen molar-refractivity contribution in [3.05, 3.63) is 18.0 Å². The third-order valence-electron chi connectivity index (χ3n) is 3.02. The maximum absolute atomic E-state index is 4.41. The van der Waals surface area contributed by atoms with Crippen molar-refractivity contribution in [2.24, 2.45) is 5.92 Å². The minimum absolute atomic E-state index is 0.844. The zero-order valence-corrected chi connectivity index (χ0v) is 10.8. The minimum atomic E-state index is 0.844. The summed E-state index contributed by atoms with van der Waals surface area (Å²) in [6.45, 7) is 5.16. The molecule has 0 aromatic carbocycles. The van der Waals surface area contributed by atoms with Gasteiger partial charge in [-0.15, -0.1) is 0 Å². The first-order chi connectivity index (χ1) is 8.29. The summed E-state index contributed by atoms with van der Waals surface area (Å²) in [7, 11) is 2.07. The Labute approximate surface area is 103 Å². The molecule has 1 N–H and O–H groups in total. The Kier molecular flexibility index (Phi) is 4.31. The zero-order chi connectivity index (χ0) is 12.1. The molecule has 4 nitrogen and oxygen atoms in total. The second-order valence-electron chi connectivity index (χ2n) is 4.89. The molecule has 0 bridgehead atoms. The summed E-state index contributed by atoms with van der Waals surface area (Å²) >= 11 is 0. The Morgan fingerprint density at radius 3 is 2.65 bits per heavy atom. The molecule has 0 radical (unpaired) electrons. The topological polar surface area (TPSA) is 41.1 Å². The van der Waals surface area contributed by atoms with Gasteiger partial charge in [0.1, 0.15) is 0 Å². The van der Waals surface area contributed by atoms with Crippen LogP contribution in [0.25, 0.3) is 0 Å². The molecule has 1 aromatic rings. The first-order valence-corrected chi connectivity index (χ1v) is 6.52. The van der Waals surface area contributed by atoms with Gasteiger partial charge in [-0.1, -0.05) is 6.92 Å². The summed E-state index contributed by atoms with van der Waals surface area (Å²) in [5, 5.41) is 3.35. The van der Waals surface area contributed by atoms with Gasteiger partial charge in [0.25, 0.3) is 0 Å². The van der Waals surface area contributed by atoms with Crippen LogP contribution in [0.2, 0.25) is 0 Å². The van der Waals surface area contributed by atoms with Crippen LogP contribution >= 0.6 is 0 Å². The van der Waals surface area contributed by atoms with Gasteiger partial charge >= 0.3 is 0 Å². The Hall–Kier alpha value is -1.16. The quantitative estimate of drug-likeness (QED) is 0.731. The van der Waals surface area contributed by atoms with Gasteiger partial charge in [-0.25, -0.2) is 9.97 Å². The van der Waals surface area contributed by atoms with Crippen molar-refractivity contribution >= 4 is 5.95 Å². The molecule has 0 atom stereocenters. The monoisotopic (exact) mass is 234 g/mol. The van der Waals surface area contributed by atoms with Gasteiger partial charge in [-0.2, -0.15) is 0 Å². The largest absolute Gasteiger partial charge is 0.344 e. The van der Waals surface area contributed by atoms with Crippen LogP contribution in [0.15, 0.2) is 12.4 Å². The number of rotatable bonds is 7. The highest BCUT2D eigenvalue weighted by Crippen LogP contribution is 2.29. The number of nitrogens with one attached hydrogen (secondary N) is 1. The van der Waals surface area contributed by atoms with Gasteiger partial charge in [-0.05, 0) is 31.7 Å². The SMILES string of the molecule is CCCNCc1cnc(N(C)CC2CC2)nc1. The molecule has 4 heteroatoms. The minimum Gasteiger partial charge on any atom is -0.344 e. The van der Waals surface area contributed by atoms with Crippen molar-refractivity contribution in [3.8, 4) is 0 Å². The van der Waals surface area contributed by atoms with Gasteiger partial charge in [-0.3, -0.25) is 0 Å². The molecule has 94 valence electrons. The zero-order valence-electron chi connectivity index (χ0n) is 10.8. The van der Waals surface area contributed by atoms with E-state index in [2.05, 4.69) is 34.2 Å². The fraction of sp³-hybridized carbons (Fsp3) is 0.692. The standard InChI is InChI=1S/C13H22N4/c1-3-6-14-7-12-8-15-13(16-9-12)17(2)10-11-4-5-11/h8-9,11,14H,3-7,10H2,1-2H3. The Morgan fingerprint density at radius 1 is 1.35 bits per heavy atom. The molecule has 1 heterocycles. The van der Waals surface area contributed by atoms with Gasteiger partial charge < -0.3 is 10.2 Å². The van der Waals surface area contributed by atoms with Crippen LogP contribution in [-0.4, -0.2) is 30.1 Å². The van der Waals surface area contributed by atoms with E-state index >= 15 is 0 Å². The third-order valence-corrected chi connectivity index (χ3v) is 3.02. The van der Waals surface area contributed by atoms with E-state index in [1.807, 2.05) is 12.4 Å². The lowest BCUT2D eigenvalue weighted by Gasteiger charge is -2.16. The summed E-state index contributed by atoms with van der Waals surface area (Å²) in [5.41, 5.74) is 1.15. The van der Waals surface area contributed by atoms with Crippen LogP contribution in [0.4, 0.5) is 5.95 Å². The van der Waals surface area contributed by atoms with Crippen molar-refractivity contribution in [3.63, 3.8) is 0 Å². The van der Waals surface area contributed by atoms with Crippen LogP contribution in [0.5, 0.6) is 0 Å². The van der Waals surface area contributed by atoms with E-state index in [-0.39, 0.29) is 0 Å². The molecule has 1 fully saturated rings. The molecule has 1 aromatic heterocycles. The average Bonchev–Trinajstić information content (AvgIpc) is 3.14. The predicted octanol–water partition coefficient (Wildman–Crippen LogP) is 1.82. The highest BCUT2D eigenvalue weighted by molar-refractivity contribution is 5.28. The fourth-order valence-electron chi connectivity index (χ4n) is 1.82. The Balaban J connectivity index is 1.83. The molecule has 0 saturated heterocycles. The van der Waals surface area contributed by atoms with Crippen LogP contribution in [-0.2, 0) is 6.54 Å². The molecular formula is C13H22N4. The van der Waals surface area contributed by atoms with E-state index in [4.69, 9.17) is 0 Å². The van der Waals surface area contributed by atoms with E-state index in [1.54, 1.807) is 0 Å². The maximum Gasteiger partial charge on any atom is 0.225 e. The molecule has 1 aliphatic carbocycles. The lowest BCUT2D eigenvalue weighted by atomic mass is 10.3. The van der Waals surface area contributed by atoms with Crippen molar-refractivity contribution in [1.29, 1.82) is 0 Å². The number of nitrogens with zero attached hydrogens (tertiary/aromatic N) is 3. The first-order valence-electron chi connectivity index (χ1n) is 6.52. The third kappa shape index (κ3) is 3.97. The summed E-state index contributed by atoms with van der Waals surface area (Å²) in [5.74, 6) is 1.71. The molecule has 0 unspecified atom stereocenters. The van der Waals surface area contributed by atoms with Gasteiger partial charge in [0.15, 0.2) is 0 Å². The van der Waals surface area contributed by atoms with E-state index in [0.29, 0.717) is 0 Å². The van der Waals surface area contributed by atoms with Gasteiger partial charge in [0, 0.05) is 38.1 Å². The van der Waals surface area contributed by atoms with Gasteiger partial charge in [0.05, 0.1) is 0 Å². The van der Waals surface area contributed by atoms with Crippen molar-refractivity contribution in [2.75, 3.05) is 25.0 Å². The van der Waals surface area contributed by atoms with E-state index in [1.165, 1.54) is 12.8 Å². The summed E-state index contributed by atoms with van der Waals surface area (Å²) < 4.78 is 0. The molecular weight excluding hydrogens is 212 g/mol. The van der Waals surface area contributed by atoms with E-state index < -0.39 is 0 Å². The molecule has 0 spiro atoms. The summed E-state index contributed by atoms with van der Waals surface area (Å²) in [4.78, 5) is 11.0. The summed E-state index contributed by atoms with van der Waals surface area (Å²) in [6.07, 6.45) is 7.73. The average molecular weight is 234 g/mol. The molecule has 1 aliphatic rings. The van der Waals surface area contributed by atoms with E-state index in [9.17, 15) is 0 Å². The predicted molar refractivity (Wildman–Crippen MR) is 70.0 cm³/mol. The number of hydrogen-bond donors (Lipinski definition) is 1. The summed E-state index contributed by atoms with van der Waals surface area (Å²) in [6, 6.07) is 0. The van der Waals surface area contributed by atoms with Crippen molar-refractivity contribution in [1.82, 2.24) is 15.3 Å². The second-order valence-corrected chi connectivity index (χ2v) is 4.89.